The summed E-state index contributed by atoms with van der Waals surface area (Å²) in [6, 6.07) is 6.26. The summed E-state index contributed by atoms with van der Waals surface area (Å²) in [5.41, 5.74) is 3.09. The number of anilines is 1. The van der Waals surface area contributed by atoms with Crippen LogP contribution in [-0.4, -0.2) is 29.3 Å². The van der Waals surface area contributed by atoms with Crippen LogP contribution in [0.25, 0.3) is 0 Å². The lowest BCUT2D eigenvalue weighted by atomic mass is 9.94. The molecule has 4 nitrogen and oxygen atoms in total. The number of benzene rings is 1. The number of nitrogens with one attached hydrogen (secondary N) is 1. The van der Waals surface area contributed by atoms with E-state index in [9.17, 15) is 9.59 Å². The number of nitrogens with zero attached hydrogens (tertiary/aromatic N) is 1. The molecule has 0 atom stereocenters. The van der Waals surface area contributed by atoms with Gasteiger partial charge in [0, 0.05) is 18.7 Å². The van der Waals surface area contributed by atoms with E-state index in [1.165, 1.54) is 6.42 Å². The third kappa shape index (κ3) is 4.57. The monoisotopic (exact) mass is 316 g/mol. The summed E-state index contributed by atoms with van der Waals surface area (Å²) >= 11 is 0. The lowest BCUT2D eigenvalue weighted by Gasteiger charge is -2.33. The zero-order valence-electron chi connectivity index (χ0n) is 14.5. The van der Waals surface area contributed by atoms with Gasteiger partial charge in [-0.1, -0.05) is 44.4 Å². The molecule has 4 heteroatoms. The molecule has 1 aromatic rings. The van der Waals surface area contributed by atoms with Crippen molar-refractivity contribution in [2.75, 3.05) is 11.9 Å². The van der Waals surface area contributed by atoms with Gasteiger partial charge < -0.3 is 10.2 Å². The molecule has 126 valence electrons. The molecule has 0 spiro atoms. The van der Waals surface area contributed by atoms with Crippen LogP contribution in [-0.2, 0) is 16.0 Å². The predicted molar refractivity (Wildman–Crippen MR) is 93.4 cm³/mol. The van der Waals surface area contributed by atoms with Gasteiger partial charge in [0.2, 0.25) is 11.8 Å². The SMILES string of the molecule is CCc1cccc(C)c1NC(=O)CN(C(C)=O)C1CCCCC1. The van der Waals surface area contributed by atoms with Crippen molar-refractivity contribution in [2.45, 2.75) is 65.3 Å². The van der Waals surface area contributed by atoms with Crippen LogP contribution in [0.3, 0.4) is 0 Å². The molecule has 1 aliphatic carbocycles. The van der Waals surface area contributed by atoms with Crippen molar-refractivity contribution in [1.29, 1.82) is 0 Å². The highest BCUT2D eigenvalue weighted by Gasteiger charge is 2.25. The van der Waals surface area contributed by atoms with Gasteiger partial charge in [-0.15, -0.1) is 0 Å². The Morgan fingerprint density at radius 3 is 2.52 bits per heavy atom. The zero-order chi connectivity index (χ0) is 16.8. The first-order valence-corrected chi connectivity index (χ1v) is 8.68. The predicted octanol–water partition coefficient (Wildman–Crippen LogP) is 3.68. The molecule has 0 saturated heterocycles. The summed E-state index contributed by atoms with van der Waals surface area (Å²) in [7, 11) is 0. The first-order valence-electron chi connectivity index (χ1n) is 8.68. The second kappa shape index (κ2) is 8.14. The summed E-state index contributed by atoms with van der Waals surface area (Å²) < 4.78 is 0. The second-order valence-electron chi connectivity index (χ2n) is 6.45. The molecule has 1 aliphatic rings. The van der Waals surface area contributed by atoms with Gasteiger partial charge in [0.25, 0.3) is 0 Å². The standard InChI is InChI=1S/C19H28N2O2/c1-4-16-10-8-9-14(2)19(16)20-18(23)13-21(15(3)22)17-11-6-5-7-12-17/h8-10,17H,4-7,11-13H2,1-3H3,(H,20,23). The minimum Gasteiger partial charge on any atom is -0.331 e. The quantitative estimate of drug-likeness (QED) is 0.901. The van der Waals surface area contributed by atoms with Gasteiger partial charge in [-0.3, -0.25) is 9.59 Å². The molecule has 0 aromatic heterocycles. The number of aryl methyl sites for hydroxylation is 2. The molecule has 0 unspecified atom stereocenters. The maximum atomic E-state index is 12.5. The molecule has 0 radical (unpaired) electrons. The number of carbonyl (C=O) groups is 2. The van der Waals surface area contributed by atoms with Crippen LogP contribution < -0.4 is 5.32 Å². The number of hydrogen-bond donors (Lipinski definition) is 1. The van der Waals surface area contributed by atoms with Crippen molar-refractivity contribution < 1.29 is 9.59 Å². The molecule has 23 heavy (non-hydrogen) atoms. The van der Waals surface area contributed by atoms with Gasteiger partial charge in [0.05, 0.1) is 0 Å². The fraction of sp³-hybridized carbons (Fsp3) is 0.579. The molecular weight excluding hydrogens is 288 g/mol. The minimum atomic E-state index is -0.102. The molecular formula is C19H28N2O2. The van der Waals surface area contributed by atoms with Crippen molar-refractivity contribution in [3.8, 4) is 0 Å². The van der Waals surface area contributed by atoms with E-state index in [0.29, 0.717) is 0 Å². The summed E-state index contributed by atoms with van der Waals surface area (Å²) in [5.74, 6) is -0.109. The van der Waals surface area contributed by atoms with Crippen molar-refractivity contribution in [1.82, 2.24) is 4.90 Å². The third-order valence-corrected chi connectivity index (χ3v) is 4.74. The average molecular weight is 316 g/mol. The van der Waals surface area contributed by atoms with Gasteiger partial charge in [-0.2, -0.15) is 0 Å². The Morgan fingerprint density at radius 2 is 1.91 bits per heavy atom. The Kier molecular flexibility index (Phi) is 6.20. The van der Waals surface area contributed by atoms with Crippen LogP contribution >= 0.6 is 0 Å². The molecule has 2 amide bonds. The lowest BCUT2D eigenvalue weighted by Crippen LogP contribution is -2.44. The van der Waals surface area contributed by atoms with E-state index >= 15 is 0 Å². The topological polar surface area (TPSA) is 49.4 Å². The van der Waals surface area contributed by atoms with Crippen molar-refractivity contribution in [3.63, 3.8) is 0 Å². The fourth-order valence-corrected chi connectivity index (χ4v) is 3.43. The molecule has 0 bridgehead atoms. The van der Waals surface area contributed by atoms with E-state index in [-0.39, 0.29) is 24.4 Å². The number of hydrogen-bond acceptors (Lipinski definition) is 2. The van der Waals surface area contributed by atoms with Crippen molar-refractivity contribution >= 4 is 17.5 Å². The molecule has 1 fully saturated rings. The van der Waals surface area contributed by atoms with Crippen molar-refractivity contribution in [3.05, 3.63) is 29.3 Å². The van der Waals surface area contributed by atoms with Crippen LogP contribution in [0.4, 0.5) is 5.69 Å². The first kappa shape index (κ1) is 17.5. The highest BCUT2D eigenvalue weighted by molar-refractivity contribution is 5.95. The summed E-state index contributed by atoms with van der Waals surface area (Å²) in [5, 5.41) is 3.02. The van der Waals surface area contributed by atoms with Gasteiger partial charge in [0.1, 0.15) is 6.54 Å². The highest BCUT2D eigenvalue weighted by atomic mass is 16.2. The Hall–Kier alpha value is -1.84. The molecule has 0 heterocycles. The van der Waals surface area contributed by atoms with Crippen molar-refractivity contribution in [2.24, 2.45) is 0 Å². The van der Waals surface area contributed by atoms with E-state index in [0.717, 1.165) is 48.9 Å². The zero-order valence-corrected chi connectivity index (χ0v) is 14.5. The largest absolute Gasteiger partial charge is 0.331 e. The molecule has 0 aliphatic heterocycles. The van der Waals surface area contributed by atoms with Gasteiger partial charge >= 0.3 is 0 Å². The lowest BCUT2D eigenvalue weighted by molar-refractivity contribution is -0.135. The smallest absolute Gasteiger partial charge is 0.244 e. The highest BCUT2D eigenvalue weighted by Crippen LogP contribution is 2.24. The number of rotatable bonds is 5. The maximum absolute atomic E-state index is 12.5. The Labute approximate surface area is 139 Å². The van der Waals surface area contributed by atoms with E-state index in [4.69, 9.17) is 0 Å². The maximum Gasteiger partial charge on any atom is 0.244 e. The van der Waals surface area contributed by atoms with Gasteiger partial charge in [-0.25, -0.2) is 0 Å². The summed E-state index contributed by atoms with van der Waals surface area (Å²) in [4.78, 5) is 26.2. The van der Waals surface area contributed by atoms with Crippen LogP contribution in [0.5, 0.6) is 0 Å². The third-order valence-electron chi connectivity index (χ3n) is 4.74. The van der Waals surface area contributed by atoms with E-state index in [2.05, 4.69) is 12.2 Å². The van der Waals surface area contributed by atoms with Gasteiger partial charge in [0.15, 0.2) is 0 Å². The number of carbonyl (C=O) groups excluding carboxylic acids is 2. The number of para-hydroxylation sites is 1. The summed E-state index contributed by atoms with van der Waals surface area (Å²) in [6.07, 6.45) is 6.42. The molecule has 1 aromatic carbocycles. The Bertz CT molecular complexity index is 562. The van der Waals surface area contributed by atoms with Crippen LogP contribution in [0.1, 0.15) is 57.1 Å². The van der Waals surface area contributed by atoms with Gasteiger partial charge in [-0.05, 0) is 37.3 Å². The Balaban J connectivity index is 2.06. The second-order valence-corrected chi connectivity index (χ2v) is 6.45. The molecule has 1 N–H and O–H groups in total. The first-order chi connectivity index (χ1) is 11.0. The van der Waals surface area contributed by atoms with Crippen LogP contribution in [0.15, 0.2) is 18.2 Å². The number of amides is 2. The minimum absolute atomic E-state index is 0.00690. The van der Waals surface area contributed by atoms with Crippen LogP contribution in [0.2, 0.25) is 0 Å². The van der Waals surface area contributed by atoms with E-state index in [1.807, 2.05) is 25.1 Å². The molecule has 2 rings (SSSR count). The van der Waals surface area contributed by atoms with E-state index in [1.54, 1.807) is 11.8 Å². The summed E-state index contributed by atoms with van der Waals surface area (Å²) in [6.45, 7) is 5.79. The normalized spacial score (nSPS) is 15.3. The van der Waals surface area contributed by atoms with Crippen LogP contribution in [0, 0.1) is 6.92 Å². The molecule has 1 saturated carbocycles. The van der Waals surface area contributed by atoms with E-state index < -0.39 is 0 Å². The Morgan fingerprint density at radius 1 is 1.22 bits per heavy atom. The fourth-order valence-electron chi connectivity index (χ4n) is 3.43. The average Bonchev–Trinajstić information content (AvgIpc) is 2.55.